The van der Waals surface area contributed by atoms with E-state index in [-0.39, 0.29) is 5.91 Å². The minimum Gasteiger partial charge on any atom is -0.463 e. The van der Waals surface area contributed by atoms with E-state index in [0.29, 0.717) is 5.75 Å². The molecule has 0 aliphatic carbocycles. The maximum atomic E-state index is 10.6. The van der Waals surface area contributed by atoms with Crippen LogP contribution in [-0.2, 0) is 9.59 Å². The van der Waals surface area contributed by atoms with E-state index in [4.69, 9.17) is 4.74 Å². The van der Waals surface area contributed by atoms with Crippen molar-refractivity contribution in [2.75, 3.05) is 0 Å². The Morgan fingerprint density at radius 2 is 2.07 bits per heavy atom. The number of benzene rings is 1. The van der Waals surface area contributed by atoms with E-state index in [1.807, 2.05) is 6.07 Å². The van der Waals surface area contributed by atoms with E-state index in [0.717, 1.165) is 0 Å². The molecule has 1 amide bonds. The number of amides is 1. The van der Waals surface area contributed by atoms with Gasteiger partial charge < -0.3 is 10.1 Å². The fourth-order valence-corrected chi connectivity index (χ4v) is 0.903. The summed E-state index contributed by atoms with van der Waals surface area (Å²) in [5.74, 6) is 0.170. The molecule has 0 aliphatic rings. The van der Waals surface area contributed by atoms with Crippen molar-refractivity contribution in [1.82, 2.24) is 5.32 Å². The Hall–Kier alpha value is -1.84. The maximum absolute atomic E-state index is 10.6. The monoisotopic (exact) mass is 192 g/mol. The summed E-state index contributed by atoms with van der Waals surface area (Å²) in [6.45, 7) is 1.30. The summed E-state index contributed by atoms with van der Waals surface area (Å²) in [6, 6.07) is 8.74. The zero-order valence-electron chi connectivity index (χ0n) is 7.69. The van der Waals surface area contributed by atoms with E-state index in [1.165, 1.54) is 6.92 Å². The zero-order chi connectivity index (χ0) is 10.4. The molecule has 1 N–H and O–H groups in total. The molecule has 0 saturated carbocycles. The summed E-state index contributed by atoms with van der Waals surface area (Å²) >= 11 is 0. The Bertz CT molecular complexity index is 310. The van der Waals surface area contributed by atoms with Crippen molar-refractivity contribution < 1.29 is 14.3 Å². The molecule has 0 aliphatic heterocycles. The van der Waals surface area contributed by atoms with E-state index in [2.05, 4.69) is 5.32 Å². The first-order chi connectivity index (χ1) is 6.72. The molecule has 14 heavy (non-hydrogen) atoms. The molecule has 1 radical (unpaired) electrons. The third kappa shape index (κ3) is 3.26. The van der Waals surface area contributed by atoms with Gasteiger partial charge in [0.15, 0.2) is 0 Å². The Labute approximate surface area is 81.9 Å². The van der Waals surface area contributed by atoms with Gasteiger partial charge in [-0.25, -0.2) is 0 Å². The van der Waals surface area contributed by atoms with Crippen molar-refractivity contribution >= 4 is 12.2 Å². The number of para-hydroxylation sites is 1. The van der Waals surface area contributed by atoms with Gasteiger partial charge in [-0.1, -0.05) is 18.2 Å². The first-order valence-electron chi connectivity index (χ1n) is 4.09. The Morgan fingerprint density at radius 3 is 2.57 bits per heavy atom. The van der Waals surface area contributed by atoms with Gasteiger partial charge in [-0.2, -0.15) is 0 Å². The standard InChI is InChI=1S/C10H10NO3/c1-8(13)11-10(7-12)14-9-5-3-2-4-6-9/h2-6,10H,1H3,(H,11,13). The van der Waals surface area contributed by atoms with Gasteiger partial charge in [-0.15, -0.1) is 0 Å². The van der Waals surface area contributed by atoms with Crippen molar-refractivity contribution in [2.45, 2.75) is 13.2 Å². The van der Waals surface area contributed by atoms with Gasteiger partial charge in [0, 0.05) is 6.92 Å². The van der Waals surface area contributed by atoms with Crippen LogP contribution in [0.4, 0.5) is 0 Å². The minimum atomic E-state index is -1.05. The predicted octanol–water partition coefficient (Wildman–Crippen LogP) is 0.637. The second kappa shape index (κ2) is 5.01. The normalized spacial score (nSPS) is 11.5. The number of carbonyl (C=O) groups is 1. The van der Waals surface area contributed by atoms with Crippen LogP contribution in [0.3, 0.4) is 0 Å². The van der Waals surface area contributed by atoms with Gasteiger partial charge in [-0.3, -0.25) is 9.59 Å². The van der Waals surface area contributed by atoms with Crippen LogP contribution in [0.5, 0.6) is 5.75 Å². The number of carbonyl (C=O) groups excluding carboxylic acids is 2. The van der Waals surface area contributed by atoms with Crippen LogP contribution in [0.25, 0.3) is 0 Å². The average molecular weight is 192 g/mol. The van der Waals surface area contributed by atoms with E-state index in [1.54, 1.807) is 30.6 Å². The summed E-state index contributed by atoms with van der Waals surface area (Å²) in [5.41, 5.74) is 0. The lowest BCUT2D eigenvalue weighted by Gasteiger charge is -2.12. The largest absolute Gasteiger partial charge is 0.463 e. The molecule has 0 aromatic heterocycles. The first kappa shape index (κ1) is 10.2. The lowest BCUT2D eigenvalue weighted by atomic mass is 10.3. The third-order valence-electron chi connectivity index (χ3n) is 1.44. The highest BCUT2D eigenvalue weighted by Gasteiger charge is 2.10. The van der Waals surface area contributed by atoms with Gasteiger partial charge >= 0.3 is 0 Å². The van der Waals surface area contributed by atoms with Gasteiger partial charge in [-0.05, 0) is 12.1 Å². The fraction of sp³-hybridized carbons (Fsp3) is 0.200. The first-order valence-corrected chi connectivity index (χ1v) is 4.09. The molecule has 4 nitrogen and oxygen atoms in total. The number of nitrogens with one attached hydrogen (secondary N) is 1. The number of ether oxygens (including phenoxy) is 1. The molecule has 1 aromatic rings. The highest BCUT2D eigenvalue weighted by atomic mass is 16.5. The van der Waals surface area contributed by atoms with E-state index >= 15 is 0 Å². The van der Waals surface area contributed by atoms with Crippen molar-refractivity contribution in [2.24, 2.45) is 0 Å². The summed E-state index contributed by atoms with van der Waals surface area (Å²) in [6.07, 6.45) is 0.531. The van der Waals surface area contributed by atoms with Crippen LogP contribution in [0.1, 0.15) is 6.92 Å². The molecule has 1 unspecified atom stereocenters. The second-order valence-electron chi connectivity index (χ2n) is 2.63. The second-order valence-corrected chi connectivity index (χ2v) is 2.63. The number of hydrogen-bond donors (Lipinski definition) is 1. The smallest absolute Gasteiger partial charge is 0.265 e. The summed E-state index contributed by atoms with van der Waals surface area (Å²) in [7, 11) is 0. The molecule has 1 aromatic carbocycles. The summed E-state index contributed by atoms with van der Waals surface area (Å²) in [4.78, 5) is 21.0. The molecular weight excluding hydrogens is 182 g/mol. The van der Waals surface area contributed by atoms with Gasteiger partial charge in [0.2, 0.25) is 12.1 Å². The van der Waals surface area contributed by atoms with Crippen LogP contribution in [0.15, 0.2) is 30.3 Å². The van der Waals surface area contributed by atoms with Crippen molar-refractivity contribution in [3.05, 3.63) is 30.3 Å². The quantitative estimate of drug-likeness (QED) is 0.712. The van der Waals surface area contributed by atoms with Gasteiger partial charge in [0.05, 0.1) is 0 Å². The highest BCUT2D eigenvalue weighted by Crippen LogP contribution is 2.09. The van der Waals surface area contributed by atoms with Crippen LogP contribution < -0.4 is 10.1 Å². The Balaban J connectivity index is 2.57. The molecule has 73 valence electrons. The fourth-order valence-electron chi connectivity index (χ4n) is 0.903. The van der Waals surface area contributed by atoms with Crippen LogP contribution >= 0.6 is 0 Å². The molecule has 1 rings (SSSR count). The average Bonchev–Trinajstić information content (AvgIpc) is 2.17. The van der Waals surface area contributed by atoms with Crippen LogP contribution in [0, 0.1) is 0 Å². The van der Waals surface area contributed by atoms with Gasteiger partial charge in [0.25, 0.3) is 6.29 Å². The highest BCUT2D eigenvalue weighted by molar-refractivity contribution is 5.76. The van der Waals surface area contributed by atoms with E-state index in [9.17, 15) is 9.59 Å². The lowest BCUT2D eigenvalue weighted by molar-refractivity contribution is -0.120. The molecule has 0 fully saturated rings. The summed E-state index contributed by atoms with van der Waals surface area (Å²) in [5, 5.41) is 2.29. The topological polar surface area (TPSA) is 55.4 Å². The van der Waals surface area contributed by atoms with Crippen molar-refractivity contribution in [3.63, 3.8) is 0 Å². The van der Waals surface area contributed by atoms with Crippen molar-refractivity contribution in [1.29, 1.82) is 0 Å². The zero-order valence-corrected chi connectivity index (χ0v) is 7.69. The van der Waals surface area contributed by atoms with Crippen LogP contribution in [0.2, 0.25) is 0 Å². The number of rotatable bonds is 4. The van der Waals surface area contributed by atoms with Crippen LogP contribution in [-0.4, -0.2) is 18.4 Å². The third-order valence-corrected chi connectivity index (χ3v) is 1.44. The molecule has 0 bridgehead atoms. The lowest BCUT2D eigenvalue weighted by Crippen LogP contribution is -2.38. The Kier molecular flexibility index (Phi) is 3.67. The number of hydrogen-bond acceptors (Lipinski definition) is 3. The predicted molar refractivity (Wildman–Crippen MR) is 50.4 cm³/mol. The molecule has 4 heteroatoms. The molecule has 0 heterocycles. The molecule has 0 spiro atoms. The maximum Gasteiger partial charge on any atom is 0.265 e. The van der Waals surface area contributed by atoms with E-state index < -0.39 is 6.23 Å². The summed E-state index contributed by atoms with van der Waals surface area (Å²) < 4.78 is 5.12. The Morgan fingerprint density at radius 1 is 1.43 bits per heavy atom. The SMILES string of the molecule is CC(=O)NC([C]=O)Oc1ccccc1. The molecule has 0 saturated heterocycles. The molecule has 1 atom stereocenters. The minimum absolute atomic E-state index is 0.339. The van der Waals surface area contributed by atoms with Gasteiger partial charge in [0.1, 0.15) is 5.75 Å². The molecular formula is C10H10NO3. The van der Waals surface area contributed by atoms with Crippen molar-refractivity contribution in [3.8, 4) is 5.75 Å².